The summed E-state index contributed by atoms with van der Waals surface area (Å²) < 4.78 is 10.6. The highest BCUT2D eigenvalue weighted by molar-refractivity contribution is 7.99. The molecule has 0 amide bonds. The summed E-state index contributed by atoms with van der Waals surface area (Å²) in [7, 11) is 1.39. The van der Waals surface area contributed by atoms with Gasteiger partial charge in [0.15, 0.2) is 5.16 Å². The van der Waals surface area contributed by atoms with Crippen molar-refractivity contribution in [3.63, 3.8) is 0 Å². The van der Waals surface area contributed by atoms with Gasteiger partial charge in [-0.05, 0) is 11.5 Å². The summed E-state index contributed by atoms with van der Waals surface area (Å²) in [6.07, 6.45) is 1.40. The third-order valence-electron chi connectivity index (χ3n) is 4.08. The summed E-state index contributed by atoms with van der Waals surface area (Å²) in [5.74, 6) is 1.31. The molecule has 3 rings (SSSR count). The zero-order valence-corrected chi connectivity index (χ0v) is 15.6. The van der Waals surface area contributed by atoms with Gasteiger partial charge < -0.3 is 15.2 Å². The van der Waals surface area contributed by atoms with E-state index >= 15 is 0 Å². The molecule has 0 saturated heterocycles. The Bertz CT molecular complexity index is 761. The van der Waals surface area contributed by atoms with E-state index in [0.717, 1.165) is 16.6 Å². The van der Waals surface area contributed by atoms with Crippen LogP contribution in [0, 0.1) is 5.92 Å². The van der Waals surface area contributed by atoms with Crippen molar-refractivity contribution in [2.75, 3.05) is 18.6 Å². The number of thiophene rings is 1. The summed E-state index contributed by atoms with van der Waals surface area (Å²) in [6, 6.07) is 0. The van der Waals surface area contributed by atoms with E-state index in [1.807, 2.05) is 0 Å². The van der Waals surface area contributed by atoms with E-state index in [9.17, 15) is 4.79 Å². The van der Waals surface area contributed by atoms with E-state index in [-0.39, 0.29) is 12.1 Å². The summed E-state index contributed by atoms with van der Waals surface area (Å²) in [6.45, 7) is 4.95. The second kappa shape index (κ2) is 7.25. The molecule has 1 aliphatic heterocycles. The minimum atomic E-state index is -0.236. The molecule has 3 heterocycles. The third kappa shape index (κ3) is 3.50. The molecule has 6 nitrogen and oxygen atoms in total. The zero-order valence-electron chi connectivity index (χ0n) is 14.0. The number of thioether (sulfide) groups is 1. The van der Waals surface area contributed by atoms with Gasteiger partial charge >= 0.3 is 5.97 Å². The van der Waals surface area contributed by atoms with E-state index in [1.54, 1.807) is 11.3 Å². The van der Waals surface area contributed by atoms with Gasteiger partial charge in [0.2, 0.25) is 0 Å². The zero-order chi connectivity index (χ0) is 17.3. The van der Waals surface area contributed by atoms with Gasteiger partial charge in [-0.2, -0.15) is 0 Å². The van der Waals surface area contributed by atoms with Crippen LogP contribution in [0.4, 0.5) is 5.82 Å². The van der Waals surface area contributed by atoms with Crippen LogP contribution in [0.3, 0.4) is 0 Å². The van der Waals surface area contributed by atoms with Crippen molar-refractivity contribution < 1.29 is 14.3 Å². The first-order valence-corrected chi connectivity index (χ1v) is 9.68. The topological polar surface area (TPSA) is 87.3 Å². The average Bonchev–Trinajstić information content (AvgIpc) is 2.92. The van der Waals surface area contributed by atoms with Crippen molar-refractivity contribution >= 4 is 45.1 Å². The number of hydrogen-bond donors (Lipinski definition) is 1. The summed E-state index contributed by atoms with van der Waals surface area (Å²) in [5, 5.41) is 1.57. The molecule has 0 aliphatic carbocycles. The van der Waals surface area contributed by atoms with Crippen LogP contribution in [0.1, 0.15) is 30.7 Å². The highest BCUT2D eigenvalue weighted by Crippen LogP contribution is 2.39. The Labute approximate surface area is 149 Å². The Balaban J connectivity index is 1.84. The molecule has 8 heteroatoms. The Morgan fingerprint density at radius 3 is 3.00 bits per heavy atom. The van der Waals surface area contributed by atoms with E-state index in [2.05, 4.69) is 28.6 Å². The molecule has 2 aromatic heterocycles. The van der Waals surface area contributed by atoms with Gasteiger partial charge in [-0.1, -0.05) is 25.6 Å². The van der Waals surface area contributed by atoms with Gasteiger partial charge in [0.25, 0.3) is 0 Å². The molecule has 2 N–H and O–H groups in total. The predicted molar refractivity (Wildman–Crippen MR) is 96.3 cm³/mol. The molecule has 0 spiro atoms. The number of nitrogens with two attached hydrogens (primary N) is 1. The van der Waals surface area contributed by atoms with Crippen LogP contribution in [0.5, 0.6) is 0 Å². The normalized spacial score (nSPS) is 17.2. The van der Waals surface area contributed by atoms with Crippen molar-refractivity contribution in [1.29, 1.82) is 0 Å². The SMILES string of the molecule is COC(=O)CCSc1nc(N)c2c3c(sc2n1)COC(C(C)C)C3. The molecule has 0 radical (unpaired) electrons. The predicted octanol–water partition coefficient (Wildman–Crippen LogP) is 3.03. The first-order chi connectivity index (χ1) is 11.5. The number of hydrogen-bond acceptors (Lipinski definition) is 8. The Morgan fingerprint density at radius 2 is 2.29 bits per heavy atom. The monoisotopic (exact) mass is 367 g/mol. The quantitative estimate of drug-likeness (QED) is 0.494. The van der Waals surface area contributed by atoms with Gasteiger partial charge in [0, 0.05) is 17.1 Å². The number of carbonyl (C=O) groups excluding carboxylic acids is 1. The number of esters is 1. The lowest BCUT2D eigenvalue weighted by Crippen LogP contribution is -2.26. The minimum absolute atomic E-state index is 0.212. The van der Waals surface area contributed by atoms with E-state index in [1.165, 1.54) is 29.3 Å². The number of nitrogens with zero attached hydrogens (tertiary/aromatic N) is 2. The van der Waals surface area contributed by atoms with Crippen LogP contribution < -0.4 is 5.73 Å². The van der Waals surface area contributed by atoms with E-state index in [4.69, 9.17) is 10.5 Å². The van der Waals surface area contributed by atoms with Crippen LogP contribution in [0.15, 0.2) is 5.16 Å². The maximum Gasteiger partial charge on any atom is 0.306 e. The number of rotatable bonds is 5. The first-order valence-electron chi connectivity index (χ1n) is 7.88. The number of carbonyl (C=O) groups is 1. The molecule has 24 heavy (non-hydrogen) atoms. The highest BCUT2D eigenvalue weighted by atomic mass is 32.2. The lowest BCUT2D eigenvalue weighted by atomic mass is 9.96. The second-order valence-electron chi connectivity index (χ2n) is 6.05. The molecule has 2 aromatic rings. The summed E-state index contributed by atoms with van der Waals surface area (Å²) >= 11 is 3.04. The molecule has 0 saturated carbocycles. The van der Waals surface area contributed by atoms with Crippen molar-refractivity contribution in [3.05, 3.63) is 10.4 Å². The fourth-order valence-electron chi connectivity index (χ4n) is 2.71. The molecule has 0 bridgehead atoms. The van der Waals surface area contributed by atoms with Crippen molar-refractivity contribution in [3.8, 4) is 0 Å². The second-order valence-corrected chi connectivity index (χ2v) is 8.19. The van der Waals surface area contributed by atoms with Crippen LogP contribution in [-0.4, -0.2) is 34.9 Å². The Kier molecular flexibility index (Phi) is 5.27. The van der Waals surface area contributed by atoms with Crippen LogP contribution in [0.2, 0.25) is 0 Å². The van der Waals surface area contributed by atoms with E-state index in [0.29, 0.717) is 35.7 Å². The molecule has 1 unspecified atom stereocenters. The Hall–Kier alpha value is -1.38. The third-order valence-corrected chi connectivity index (χ3v) is 6.03. The van der Waals surface area contributed by atoms with Crippen molar-refractivity contribution in [2.45, 2.75) is 44.6 Å². The maximum atomic E-state index is 11.2. The van der Waals surface area contributed by atoms with Gasteiger partial charge in [-0.3, -0.25) is 4.79 Å². The first kappa shape index (κ1) is 17.4. The van der Waals surface area contributed by atoms with Crippen LogP contribution in [-0.2, 0) is 27.3 Å². The number of aromatic nitrogens is 2. The average molecular weight is 367 g/mol. The Morgan fingerprint density at radius 1 is 1.50 bits per heavy atom. The highest BCUT2D eigenvalue weighted by Gasteiger charge is 2.27. The molecule has 1 aliphatic rings. The number of anilines is 1. The minimum Gasteiger partial charge on any atom is -0.469 e. The molecular weight excluding hydrogens is 346 g/mol. The maximum absolute atomic E-state index is 11.2. The van der Waals surface area contributed by atoms with Gasteiger partial charge in [-0.15, -0.1) is 11.3 Å². The van der Waals surface area contributed by atoms with Crippen LogP contribution in [0.25, 0.3) is 10.2 Å². The number of nitrogen functional groups attached to an aromatic ring is 1. The largest absolute Gasteiger partial charge is 0.469 e. The fourth-order valence-corrected chi connectivity index (χ4v) is 4.67. The van der Waals surface area contributed by atoms with Crippen LogP contribution >= 0.6 is 23.1 Å². The van der Waals surface area contributed by atoms with Crippen molar-refractivity contribution in [1.82, 2.24) is 9.97 Å². The smallest absolute Gasteiger partial charge is 0.306 e. The van der Waals surface area contributed by atoms with E-state index < -0.39 is 0 Å². The standard InChI is InChI=1S/C16H21N3O3S2/c1-8(2)10-6-9-11(7-22-10)24-15-13(9)14(17)18-16(19-15)23-5-4-12(20)21-3/h8,10H,4-7H2,1-3H3,(H2,17,18,19). The number of methoxy groups -OCH3 is 1. The lowest BCUT2D eigenvalue weighted by molar-refractivity contribution is -0.140. The number of ether oxygens (including phenoxy) is 2. The molecule has 0 fully saturated rings. The fraction of sp³-hybridized carbons (Fsp3) is 0.562. The van der Waals surface area contributed by atoms with Crippen molar-refractivity contribution in [2.24, 2.45) is 5.92 Å². The molecule has 0 aromatic carbocycles. The van der Waals surface area contributed by atoms with Gasteiger partial charge in [0.05, 0.1) is 31.6 Å². The van der Waals surface area contributed by atoms with Gasteiger partial charge in [0.1, 0.15) is 10.6 Å². The lowest BCUT2D eigenvalue weighted by Gasteiger charge is -2.26. The molecular formula is C16H21N3O3S2. The molecule has 130 valence electrons. The summed E-state index contributed by atoms with van der Waals surface area (Å²) in [5.41, 5.74) is 7.45. The summed E-state index contributed by atoms with van der Waals surface area (Å²) in [4.78, 5) is 22.3. The molecule has 1 atom stereocenters. The number of fused-ring (bicyclic) bond motifs is 3. The van der Waals surface area contributed by atoms with Gasteiger partial charge in [-0.25, -0.2) is 9.97 Å².